The fourth-order valence-electron chi connectivity index (χ4n) is 2.48. The minimum absolute atomic E-state index is 0.0487. The maximum Gasteiger partial charge on any atom is 0.306 e. The van der Waals surface area contributed by atoms with Crippen LogP contribution in [-0.2, 0) is 11.3 Å². The van der Waals surface area contributed by atoms with Crippen LogP contribution in [0.4, 0.5) is 0 Å². The van der Waals surface area contributed by atoms with E-state index in [0.29, 0.717) is 43.5 Å². The third-order valence-corrected chi connectivity index (χ3v) is 3.70. The summed E-state index contributed by atoms with van der Waals surface area (Å²) in [4.78, 5) is 27.0. The van der Waals surface area contributed by atoms with Crippen molar-refractivity contribution >= 4 is 11.9 Å². The topological polar surface area (TPSA) is 105 Å². The Hall–Kier alpha value is -1.95. The van der Waals surface area contributed by atoms with Crippen LogP contribution in [-0.4, -0.2) is 28.0 Å². The molecule has 1 aromatic rings. The second-order valence-electron chi connectivity index (χ2n) is 5.10. The first-order valence-electron chi connectivity index (χ1n) is 6.79. The molecule has 1 saturated carbocycles. The van der Waals surface area contributed by atoms with E-state index < -0.39 is 5.97 Å². The van der Waals surface area contributed by atoms with Gasteiger partial charge >= 0.3 is 5.97 Å². The molecular weight excluding hydrogens is 258 g/mol. The first-order chi connectivity index (χ1) is 9.60. The number of rotatable bonds is 4. The van der Waals surface area contributed by atoms with E-state index in [1.54, 1.807) is 18.3 Å². The van der Waals surface area contributed by atoms with Crippen LogP contribution >= 0.6 is 0 Å². The van der Waals surface area contributed by atoms with Crippen molar-refractivity contribution in [1.82, 2.24) is 10.3 Å². The minimum Gasteiger partial charge on any atom is -0.481 e. The van der Waals surface area contributed by atoms with Gasteiger partial charge in [0.25, 0.3) is 5.91 Å². The molecule has 0 aromatic carbocycles. The summed E-state index contributed by atoms with van der Waals surface area (Å²) >= 11 is 0. The van der Waals surface area contributed by atoms with Crippen molar-refractivity contribution in [1.29, 1.82) is 0 Å². The van der Waals surface area contributed by atoms with Gasteiger partial charge in [0.2, 0.25) is 0 Å². The molecule has 6 heteroatoms. The molecule has 6 nitrogen and oxygen atoms in total. The van der Waals surface area contributed by atoms with E-state index in [-0.39, 0.29) is 17.9 Å². The lowest BCUT2D eigenvalue weighted by molar-refractivity contribution is -0.142. The largest absolute Gasteiger partial charge is 0.481 e. The van der Waals surface area contributed by atoms with Crippen LogP contribution in [0.5, 0.6) is 0 Å². The second-order valence-corrected chi connectivity index (χ2v) is 5.10. The summed E-state index contributed by atoms with van der Waals surface area (Å²) in [6, 6.07) is 3.38. The smallest absolute Gasteiger partial charge is 0.306 e. The van der Waals surface area contributed by atoms with Crippen molar-refractivity contribution in [2.24, 2.45) is 11.7 Å². The second kappa shape index (κ2) is 6.47. The van der Waals surface area contributed by atoms with E-state index >= 15 is 0 Å². The summed E-state index contributed by atoms with van der Waals surface area (Å²) in [6.45, 7) is 0.296. The molecule has 2 rings (SSSR count). The maximum absolute atomic E-state index is 12.1. The quantitative estimate of drug-likeness (QED) is 0.758. The molecule has 0 unspecified atom stereocenters. The van der Waals surface area contributed by atoms with Gasteiger partial charge in [-0.05, 0) is 37.8 Å². The predicted octanol–water partition coefficient (Wildman–Crippen LogP) is 0.913. The third kappa shape index (κ3) is 3.54. The van der Waals surface area contributed by atoms with E-state index in [2.05, 4.69) is 10.3 Å². The molecule has 4 N–H and O–H groups in total. The zero-order valence-corrected chi connectivity index (χ0v) is 11.2. The Morgan fingerprint density at radius 2 is 2.05 bits per heavy atom. The van der Waals surface area contributed by atoms with Gasteiger partial charge in [0, 0.05) is 24.3 Å². The van der Waals surface area contributed by atoms with Crippen LogP contribution < -0.4 is 11.1 Å². The van der Waals surface area contributed by atoms with E-state index in [4.69, 9.17) is 10.8 Å². The van der Waals surface area contributed by atoms with Crippen LogP contribution in [0.3, 0.4) is 0 Å². The average molecular weight is 277 g/mol. The summed E-state index contributed by atoms with van der Waals surface area (Å²) < 4.78 is 0. The van der Waals surface area contributed by atoms with Gasteiger partial charge in [0.05, 0.1) is 11.6 Å². The number of carbonyl (C=O) groups is 2. The van der Waals surface area contributed by atoms with Crippen molar-refractivity contribution < 1.29 is 14.7 Å². The summed E-state index contributed by atoms with van der Waals surface area (Å²) in [5.41, 5.74) is 6.71. The molecule has 1 aliphatic carbocycles. The summed E-state index contributed by atoms with van der Waals surface area (Å²) in [6.07, 6.45) is 4.21. The molecule has 0 bridgehead atoms. The number of hydrogen-bond donors (Lipinski definition) is 3. The summed E-state index contributed by atoms with van der Waals surface area (Å²) in [5, 5.41) is 11.9. The van der Waals surface area contributed by atoms with Gasteiger partial charge < -0.3 is 16.2 Å². The molecule has 1 fully saturated rings. The van der Waals surface area contributed by atoms with E-state index in [1.807, 2.05) is 0 Å². The number of amides is 1. The molecule has 1 aromatic heterocycles. The third-order valence-electron chi connectivity index (χ3n) is 3.70. The monoisotopic (exact) mass is 277 g/mol. The Labute approximate surface area is 117 Å². The van der Waals surface area contributed by atoms with Gasteiger partial charge in [0.15, 0.2) is 0 Å². The summed E-state index contributed by atoms with van der Waals surface area (Å²) in [5.74, 6) is -1.16. The van der Waals surface area contributed by atoms with E-state index in [1.165, 1.54) is 0 Å². The van der Waals surface area contributed by atoms with Crippen molar-refractivity contribution in [3.05, 3.63) is 29.6 Å². The van der Waals surface area contributed by atoms with Crippen molar-refractivity contribution in [3.63, 3.8) is 0 Å². The normalized spacial score (nSPS) is 22.2. The standard InChI is InChI=1S/C14H19N3O3/c15-8-12-7-10(5-6-16-12)13(18)17-11-3-1-9(2-4-11)14(19)20/h5-7,9,11H,1-4,8,15H2,(H,17,18)(H,19,20). The Morgan fingerprint density at radius 1 is 1.35 bits per heavy atom. The van der Waals surface area contributed by atoms with Crippen LogP contribution in [0, 0.1) is 5.92 Å². The van der Waals surface area contributed by atoms with Crippen LogP contribution in [0.25, 0.3) is 0 Å². The Balaban J connectivity index is 1.90. The lowest BCUT2D eigenvalue weighted by atomic mass is 9.86. The van der Waals surface area contributed by atoms with Gasteiger partial charge in [-0.1, -0.05) is 0 Å². The maximum atomic E-state index is 12.1. The fraction of sp³-hybridized carbons (Fsp3) is 0.500. The number of aliphatic carboxylic acids is 1. The number of carboxylic acids is 1. The Morgan fingerprint density at radius 3 is 2.65 bits per heavy atom. The highest BCUT2D eigenvalue weighted by molar-refractivity contribution is 5.94. The fourth-order valence-corrected chi connectivity index (χ4v) is 2.48. The zero-order valence-electron chi connectivity index (χ0n) is 11.2. The van der Waals surface area contributed by atoms with E-state index in [0.717, 1.165) is 0 Å². The van der Waals surface area contributed by atoms with Crippen molar-refractivity contribution in [2.75, 3.05) is 0 Å². The summed E-state index contributed by atoms with van der Waals surface area (Å²) in [7, 11) is 0. The molecule has 0 radical (unpaired) electrons. The number of nitrogens with one attached hydrogen (secondary N) is 1. The van der Waals surface area contributed by atoms with Gasteiger partial charge in [-0.25, -0.2) is 0 Å². The highest BCUT2D eigenvalue weighted by Crippen LogP contribution is 2.24. The molecule has 0 aliphatic heterocycles. The van der Waals surface area contributed by atoms with Gasteiger partial charge in [0.1, 0.15) is 0 Å². The lowest BCUT2D eigenvalue weighted by Crippen LogP contribution is -2.38. The number of carboxylic acid groups (broad SMARTS) is 1. The number of pyridine rings is 1. The highest BCUT2D eigenvalue weighted by atomic mass is 16.4. The zero-order chi connectivity index (χ0) is 14.5. The Bertz CT molecular complexity index is 496. The number of carbonyl (C=O) groups excluding carboxylic acids is 1. The molecule has 1 amide bonds. The molecule has 108 valence electrons. The van der Waals surface area contributed by atoms with Crippen molar-refractivity contribution in [2.45, 2.75) is 38.3 Å². The van der Waals surface area contributed by atoms with Crippen LogP contribution in [0.1, 0.15) is 41.7 Å². The lowest BCUT2D eigenvalue weighted by Gasteiger charge is -2.26. The molecule has 20 heavy (non-hydrogen) atoms. The number of aromatic nitrogens is 1. The molecular formula is C14H19N3O3. The van der Waals surface area contributed by atoms with Crippen molar-refractivity contribution in [3.8, 4) is 0 Å². The van der Waals surface area contributed by atoms with Crippen LogP contribution in [0.2, 0.25) is 0 Å². The number of nitrogens with zero attached hydrogens (tertiary/aromatic N) is 1. The van der Waals surface area contributed by atoms with Gasteiger partial charge in [-0.3, -0.25) is 14.6 Å². The SMILES string of the molecule is NCc1cc(C(=O)NC2CCC(C(=O)O)CC2)ccn1. The minimum atomic E-state index is -0.739. The highest BCUT2D eigenvalue weighted by Gasteiger charge is 2.26. The van der Waals surface area contributed by atoms with Gasteiger partial charge in [-0.2, -0.15) is 0 Å². The number of nitrogens with two attached hydrogens (primary N) is 1. The first kappa shape index (κ1) is 14.5. The molecule has 0 atom stereocenters. The molecule has 0 spiro atoms. The van der Waals surface area contributed by atoms with E-state index in [9.17, 15) is 9.59 Å². The molecule has 1 heterocycles. The first-order valence-corrected chi connectivity index (χ1v) is 6.79. The predicted molar refractivity (Wildman–Crippen MR) is 73.0 cm³/mol. The van der Waals surface area contributed by atoms with Gasteiger partial charge in [-0.15, -0.1) is 0 Å². The average Bonchev–Trinajstić information content (AvgIpc) is 2.47. The Kier molecular flexibility index (Phi) is 4.68. The van der Waals surface area contributed by atoms with Crippen LogP contribution in [0.15, 0.2) is 18.3 Å². The molecule has 0 saturated heterocycles. The number of hydrogen-bond acceptors (Lipinski definition) is 4. The molecule has 1 aliphatic rings.